The fourth-order valence-corrected chi connectivity index (χ4v) is 12.6. The second kappa shape index (κ2) is 33.6. The summed E-state index contributed by atoms with van der Waals surface area (Å²) in [5.74, 6) is -7.24. The zero-order valence-corrected chi connectivity index (χ0v) is 54.1. The van der Waals surface area contributed by atoms with Gasteiger partial charge in [0, 0.05) is 36.8 Å². The molecule has 0 spiro atoms. The number of rotatable bonds is 33. The number of methoxy groups -OCH3 is 3. The highest BCUT2D eigenvalue weighted by Crippen LogP contribution is 2.44. The number of hydrogen-bond donors (Lipinski definition) is 2. The number of carbonyl (C=O) groups excluding carboxylic acids is 4. The van der Waals surface area contributed by atoms with Crippen molar-refractivity contribution in [2.24, 2.45) is 5.16 Å². The molecule has 2 amide bonds. The first-order chi connectivity index (χ1) is 46.5. The van der Waals surface area contributed by atoms with Crippen molar-refractivity contribution in [2.75, 3.05) is 78.3 Å². The van der Waals surface area contributed by atoms with Gasteiger partial charge < -0.3 is 58.1 Å². The maximum Gasteiger partial charge on any atom is 0.356 e. The van der Waals surface area contributed by atoms with Crippen molar-refractivity contribution in [3.63, 3.8) is 0 Å². The molecule has 1 aromatic heterocycles. The van der Waals surface area contributed by atoms with Crippen LogP contribution in [0.3, 0.4) is 0 Å². The van der Waals surface area contributed by atoms with E-state index < -0.39 is 101 Å². The van der Waals surface area contributed by atoms with Gasteiger partial charge in [0.15, 0.2) is 42.2 Å². The molecule has 3 heterocycles. The van der Waals surface area contributed by atoms with Gasteiger partial charge in [-0.1, -0.05) is 181 Å². The van der Waals surface area contributed by atoms with Crippen LogP contribution in [-0.4, -0.2) is 124 Å². The molecule has 8 aromatic rings. The maximum absolute atomic E-state index is 17.8. The standard InChI is InChI=1S/C71H66ClF2N5O14S2/c1-84-36-38-87-44-90-63-55(73)40-54(57(74)64(63)91-45-88-39-37-85-2)62(69(83)92-61(47-20-9-4-10-21-47)48-22-11-5-12-23-48)93-78-58(56-43-95-70(75-56)77-71(50-25-13-6-14-26-50,51-27-15-7-16-28-51)52-29-17-8-18-30-52)65(80)76-59-66(81)79-60(49(24-19-35-72)42-94-67(59)79)68(82)89-41-46-31-33-53(86-3)34-32-46/h4-34,40,43,59,61-62,67H,35-39,41-42,44-45H2,1-3H3,(H,75,77)(H,76,80)/b24-19-,78-58?/t59-,62?,67?/m0/s1. The molecule has 1 saturated heterocycles. The lowest BCUT2D eigenvalue weighted by Gasteiger charge is -2.49. The average Bonchev–Trinajstić information content (AvgIpc) is 0.976. The Morgan fingerprint density at radius 2 is 1.31 bits per heavy atom. The topological polar surface area (TPSA) is 213 Å². The number of nitrogens with one attached hydrogen (secondary N) is 2. The average molecular weight is 1350 g/mol. The largest absolute Gasteiger partial charge is 0.497 e. The highest BCUT2D eigenvalue weighted by Gasteiger charge is 2.55. The van der Waals surface area contributed by atoms with Gasteiger partial charge in [0.05, 0.1) is 33.5 Å². The Balaban J connectivity index is 1.07. The van der Waals surface area contributed by atoms with Crippen LogP contribution in [0.25, 0.3) is 0 Å². The number of ether oxygens (including phenoxy) is 9. The number of benzene rings is 7. The Kier molecular flexibility index (Phi) is 24.2. The van der Waals surface area contributed by atoms with E-state index in [1.807, 2.05) is 91.0 Å². The number of nitrogens with zero attached hydrogens (tertiary/aromatic N) is 3. The van der Waals surface area contributed by atoms with Crippen LogP contribution < -0.4 is 24.8 Å². The van der Waals surface area contributed by atoms with Crippen LogP contribution in [0, 0.1) is 11.6 Å². The van der Waals surface area contributed by atoms with Crippen molar-refractivity contribution < 1.29 is 75.4 Å². The molecular formula is C71H66ClF2N5O14S2. The third-order valence-corrected chi connectivity index (χ3v) is 17.3. The number of anilines is 1. The molecule has 0 saturated carbocycles. The van der Waals surface area contributed by atoms with Crippen molar-refractivity contribution in [3.8, 4) is 17.2 Å². The Hall–Kier alpha value is -9.46. The summed E-state index contributed by atoms with van der Waals surface area (Å²) in [5.41, 5.74) is 1.74. The van der Waals surface area contributed by atoms with Gasteiger partial charge in [-0.05, 0) is 57.2 Å². The first kappa shape index (κ1) is 68.4. The van der Waals surface area contributed by atoms with E-state index in [-0.39, 0.29) is 61.2 Å². The Morgan fingerprint density at radius 3 is 1.85 bits per heavy atom. The van der Waals surface area contributed by atoms with E-state index in [9.17, 15) is 9.59 Å². The molecule has 0 aliphatic carbocycles. The molecule has 2 aliphatic rings. The number of β-lactam (4-membered cyclic amide) rings is 1. The number of thioether (sulfide) groups is 1. The van der Waals surface area contributed by atoms with Crippen LogP contribution >= 0.6 is 34.7 Å². The van der Waals surface area contributed by atoms with E-state index in [2.05, 4.69) is 15.8 Å². The molecule has 2 aliphatic heterocycles. The van der Waals surface area contributed by atoms with Gasteiger partial charge in [-0.2, -0.15) is 0 Å². The Labute approximate surface area is 560 Å². The fourth-order valence-electron chi connectivity index (χ4n) is 10.4. The van der Waals surface area contributed by atoms with Gasteiger partial charge in [0.2, 0.25) is 11.5 Å². The summed E-state index contributed by atoms with van der Waals surface area (Å²) in [4.78, 5) is 72.1. The molecule has 10 rings (SSSR count). The van der Waals surface area contributed by atoms with Crippen molar-refractivity contribution in [1.29, 1.82) is 0 Å². The summed E-state index contributed by atoms with van der Waals surface area (Å²) in [6.07, 6.45) is -0.274. The minimum absolute atomic E-state index is 0.0131. The predicted molar refractivity (Wildman–Crippen MR) is 354 cm³/mol. The van der Waals surface area contributed by atoms with E-state index >= 15 is 18.4 Å². The number of fused-ring (bicyclic) bond motifs is 1. The summed E-state index contributed by atoms with van der Waals surface area (Å²) < 4.78 is 84.6. The van der Waals surface area contributed by atoms with Gasteiger partial charge >= 0.3 is 11.9 Å². The molecule has 24 heteroatoms. The summed E-state index contributed by atoms with van der Waals surface area (Å²) >= 11 is 8.41. The Morgan fingerprint density at radius 1 is 0.747 bits per heavy atom. The quantitative estimate of drug-likeness (QED) is 0.00572. The minimum Gasteiger partial charge on any atom is -0.497 e. The van der Waals surface area contributed by atoms with Crippen LogP contribution in [0.15, 0.2) is 216 Å². The third kappa shape index (κ3) is 16.4. The molecule has 19 nitrogen and oxygen atoms in total. The van der Waals surface area contributed by atoms with Crippen LogP contribution in [0.2, 0.25) is 0 Å². The molecule has 3 atom stereocenters. The van der Waals surface area contributed by atoms with Crippen LogP contribution in [0.1, 0.15) is 56.8 Å². The molecular weight excluding hydrogens is 1280 g/mol. The van der Waals surface area contributed by atoms with Gasteiger partial charge in [-0.25, -0.2) is 23.4 Å². The lowest BCUT2D eigenvalue weighted by Crippen LogP contribution is -2.71. The SMILES string of the molecule is COCCOCOc1c(F)cc(C(ON=C(C(=O)N[C@H]2C(=O)N3C(C(=O)OCc4ccc(OC)cc4)=C(/C=C\CCl)CSC23)c2csc(NC(c3ccccc3)(c3ccccc3)c3ccccc3)n2)C(=O)OC(c2ccccc2)c2ccccc2)c(F)c1OCOCCOC. The monoisotopic (exact) mass is 1350 g/mol. The summed E-state index contributed by atoms with van der Waals surface area (Å²) in [6.45, 7) is -1.09. The minimum atomic E-state index is -2.37. The number of amides is 2. The first-order valence-corrected chi connectivity index (χ1v) is 32.3. The van der Waals surface area contributed by atoms with Gasteiger partial charge in [-0.15, -0.1) is 34.7 Å². The molecule has 0 bridgehead atoms. The maximum atomic E-state index is 17.8. The van der Waals surface area contributed by atoms with Crippen molar-refractivity contribution in [2.45, 2.75) is 35.8 Å². The second-order valence-electron chi connectivity index (χ2n) is 21.0. The van der Waals surface area contributed by atoms with Crippen molar-refractivity contribution in [3.05, 3.63) is 267 Å². The first-order valence-electron chi connectivity index (χ1n) is 29.8. The van der Waals surface area contributed by atoms with E-state index in [4.69, 9.17) is 64.1 Å². The summed E-state index contributed by atoms with van der Waals surface area (Å²) in [7, 11) is 4.43. The lowest BCUT2D eigenvalue weighted by molar-refractivity contribution is -0.162. The van der Waals surface area contributed by atoms with E-state index in [1.165, 1.54) is 43.4 Å². The number of allylic oxidation sites excluding steroid dienone is 2. The molecule has 492 valence electrons. The van der Waals surface area contributed by atoms with E-state index in [1.54, 1.807) is 97.1 Å². The molecule has 1 fully saturated rings. The van der Waals surface area contributed by atoms with Crippen molar-refractivity contribution >= 4 is 69.3 Å². The molecule has 2 N–H and O–H groups in total. The van der Waals surface area contributed by atoms with E-state index in [0.717, 1.165) is 28.0 Å². The number of oxime groups is 1. The predicted octanol–water partition coefficient (Wildman–Crippen LogP) is 11.8. The van der Waals surface area contributed by atoms with Gasteiger partial charge in [-0.3, -0.25) is 14.5 Å². The number of esters is 2. The number of carbonyl (C=O) groups is 4. The lowest BCUT2D eigenvalue weighted by atomic mass is 9.77. The van der Waals surface area contributed by atoms with Crippen LogP contribution in [-0.2, 0) is 64.6 Å². The van der Waals surface area contributed by atoms with E-state index in [0.29, 0.717) is 34.1 Å². The van der Waals surface area contributed by atoms with Gasteiger partial charge in [0.1, 0.15) is 40.7 Å². The number of hydrogen-bond acceptors (Lipinski definition) is 19. The van der Waals surface area contributed by atoms with Crippen LogP contribution in [0.5, 0.6) is 17.2 Å². The Bertz CT molecular complexity index is 3840. The molecule has 95 heavy (non-hydrogen) atoms. The normalized spacial score (nSPS) is 15.0. The number of halogens is 3. The van der Waals surface area contributed by atoms with Crippen molar-refractivity contribution in [1.82, 2.24) is 15.2 Å². The van der Waals surface area contributed by atoms with Crippen LogP contribution in [0.4, 0.5) is 13.9 Å². The number of thiazole rings is 1. The summed E-state index contributed by atoms with van der Waals surface area (Å²) in [6, 6.07) is 52.5. The highest BCUT2D eigenvalue weighted by atomic mass is 35.5. The zero-order chi connectivity index (χ0) is 66.5. The molecule has 7 aromatic carbocycles. The highest BCUT2D eigenvalue weighted by molar-refractivity contribution is 8.00. The summed E-state index contributed by atoms with van der Waals surface area (Å²) in [5, 5.41) is 11.7. The smallest absolute Gasteiger partial charge is 0.356 e. The van der Waals surface area contributed by atoms with Gasteiger partial charge in [0.25, 0.3) is 17.9 Å². The number of alkyl halides is 1. The second-order valence-corrected chi connectivity index (χ2v) is 23.3. The number of aromatic nitrogens is 1. The fraction of sp³-hybridized carbons (Fsp3) is 0.239. The molecule has 0 radical (unpaired) electrons. The molecule has 2 unspecified atom stereocenters. The zero-order valence-electron chi connectivity index (χ0n) is 51.7. The third-order valence-electron chi connectivity index (χ3n) is 15.1.